The minimum Gasteiger partial charge on any atom is -0.394 e. The van der Waals surface area contributed by atoms with Gasteiger partial charge in [0.1, 0.15) is 18.3 Å². The molecule has 3 atom stereocenters. The molecule has 0 radical (unpaired) electrons. The molecule has 1 aromatic rings. The van der Waals surface area contributed by atoms with Crippen molar-refractivity contribution in [2.24, 2.45) is 0 Å². The lowest BCUT2D eigenvalue weighted by molar-refractivity contribution is -0.0802. The number of nitrogens with zero attached hydrogens (tertiary/aromatic N) is 3. The van der Waals surface area contributed by atoms with Crippen molar-refractivity contribution in [2.75, 3.05) is 6.61 Å². The zero-order valence-corrected chi connectivity index (χ0v) is 14.9. The van der Waals surface area contributed by atoms with Crippen LogP contribution < -0.4 is 11.2 Å². The number of aryl methyl sites for hydroxylation is 1. The van der Waals surface area contributed by atoms with Crippen LogP contribution in [0, 0.1) is 6.92 Å². The van der Waals surface area contributed by atoms with Crippen LogP contribution >= 0.6 is 0 Å². The summed E-state index contributed by atoms with van der Waals surface area (Å²) in [5, 5.41) is 48.3. The number of aromatic amines is 1. The first-order valence-corrected chi connectivity index (χ1v) is 8.46. The second kappa shape index (κ2) is 7.73. The van der Waals surface area contributed by atoms with Crippen LogP contribution in [0.2, 0.25) is 0 Å². The van der Waals surface area contributed by atoms with Crippen LogP contribution in [-0.2, 0) is 13.2 Å². The van der Waals surface area contributed by atoms with E-state index in [9.17, 15) is 30.0 Å². The number of nitrogens with one attached hydrogen (secondary N) is 1. The Bertz CT molecular complexity index is 1090. The lowest BCUT2D eigenvalue weighted by Crippen LogP contribution is -2.42. The molecule has 0 bridgehead atoms. The maximum atomic E-state index is 12.2. The van der Waals surface area contributed by atoms with Gasteiger partial charge in [0.2, 0.25) is 0 Å². The van der Waals surface area contributed by atoms with Crippen LogP contribution in [0.4, 0.5) is 0 Å². The highest BCUT2D eigenvalue weighted by molar-refractivity contribution is 5.81. The summed E-state index contributed by atoms with van der Waals surface area (Å²) in [7, 11) is 0. The summed E-state index contributed by atoms with van der Waals surface area (Å²) in [6.07, 6.45) is -4.80. The van der Waals surface area contributed by atoms with E-state index < -0.39 is 36.2 Å². The summed E-state index contributed by atoms with van der Waals surface area (Å²) < 4.78 is 1.33. The molecule has 0 fully saturated rings. The number of H-pyrrole nitrogens is 1. The van der Waals surface area contributed by atoms with Crippen LogP contribution in [0.3, 0.4) is 0 Å². The molecular weight excluding hydrogens is 372 g/mol. The number of aliphatic hydroxyl groups excluding tert-OH is 5. The Morgan fingerprint density at radius 2 is 1.82 bits per heavy atom. The first-order valence-electron chi connectivity index (χ1n) is 8.46. The Balaban J connectivity index is 2.28. The smallest absolute Gasteiger partial charge is 0.349 e. The number of benzene rings is 1. The van der Waals surface area contributed by atoms with Crippen LogP contribution in [0.1, 0.15) is 11.1 Å². The van der Waals surface area contributed by atoms with E-state index in [0.29, 0.717) is 22.2 Å². The van der Waals surface area contributed by atoms with Gasteiger partial charge in [0.25, 0.3) is 5.56 Å². The fourth-order valence-corrected chi connectivity index (χ4v) is 3.00. The largest absolute Gasteiger partial charge is 0.394 e. The Morgan fingerprint density at radius 1 is 1.11 bits per heavy atom. The SMILES string of the molecule is Cc1cc2c(cc1CO)nc1c(=O)[nH]c(=O)nc-1n2C[C@H](O)[C@H](O)[C@H](O)CO. The molecule has 0 saturated carbocycles. The van der Waals surface area contributed by atoms with Gasteiger partial charge in [-0.1, -0.05) is 0 Å². The van der Waals surface area contributed by atoms with Crippen molar-refractivity contribution in [3.63, 3.8) is 0 Å². The Kier molecular flexibility index (Phi) is 5.54. The summed E-state index contributed by atoms with van der Waals surface area (Å²) in [5.41, 5.74) is 0.129. The number of fused-ring (bicyclic) bond motifs is 2. The molecule has 0 aromatic heterocycles. The Hall–Kier alpha value is -2.70. The van der Waals surface area contributed by atoms with Crippen molar-refractivity contribution in [3.05, 3.63) is 44.1 Å². The standard InChI is InChI=1S/C17H20N4O7/c1-7-2-10-9(3-8(7)5-22)18-13-15(19-17(28)20-16(13)27)21(10)4-11(24)14(26)12(25)6-23/h2-3,11-12,14,22-26H,4-6H2,1H3,(H,20,27,28)/t11-,12+,14-/m0/s1. The summed E-state index contributed by atoms with van der Waals surface area (Å²) in [6.45, 7) is 0.383. The zero-order chi connectivity index (χ0) is 20.6. The van der Waals surface area contributed by atoms with Gasteiger partial charge in [0.05, 0.1) is 30.8 Å². The van der Waals surface area contributed by atoms with Crippen LogP contribution in [0.5, 0.6) is 0 Å². The van der Waals surface area contributed by atoms with E-state index in [1.165, 1.54) is 4.57 Å². The number of aliphatic hydroxyl groups is 5. The van der Waals surface area contributed by atoms with Gasteiger partial charge < -0.3 is 30.1 Å². The quantitative estimate of drug-likeness (QED) is 0.246. The van der Waals surface area contributed by atoms with E-state index in [1.54, 1.807) is 19.1 Å². The molecule has 0 aliphatic carbocycles. The molecule has 1 aromatic carbocycles. The van der Waals surface area contributed by atoms with Crippen molar-refractivity contribution in [1.29, 1.82) is 0 Å². The van der Waals surface area contributed by atoms with Crippen LogP contribution in [0.15, 0.2) is 21.7 Å². The number of hydrogen-bond acceptors (Lipinski definition) is 9. The second-order valence-electron chi connectivity index (χ2n) is 6.50. The van der Waals surface area contributed by atoms with E-state index in [2.05, 4.69) is 9.97 Å². The van der Waals surface area contributed by atoms with Gasteiger partial charge in [-0.05, 0) is 30.2 Å². The van der Waals surface area contributed by atoms with Gasteiger partial charge in [0.15, 0.2) is 11.5 Å². The van der Waals surface area contributed by atoms with Crippen molar-refractivity contribution in [3.8, 4) is 11.5 Å². The summed E-state index contributed by atoms with van der Waals surface area (Å²) in [6, 6.07) is 3.21. The number of rotatable bonds is 6. The zero-order valence-electron chi connectivity index (χ0n) is 14.9. The first-order chi connectivity index (χ1) is 13.3. The lowest BCUT2D eigenvalue weighted by Gasteiger charge is -2.25. The number of hydrogen-bond donors (Lipinski definition) is 6. The molecule has 11 heteroatoms. The van der Waals surface area contributed by atoms with Gasteiger partial charge in [0, 0.05) is 0 Å². The van der Waals surface area contributed by atoms with Gasteiger partial charge in [-0.2, -0.15) is 4.98 Å². The maximum Gasteiger partial charge on any atom is 0.349 e. The molecular formula is C17H20N4O7. The summed E-state index contributed by atoms with van der Waals surface area (Å²) in [4.78, 5) is 33.9. The fourth-order valence-electron chi connectivity index (χ4n) is 3.00. The highest BCUT2D eigenvalue weighted by Crippen LogP contribution is 2.25. The Morgan fingerprint density at radius 3 is 2.46 bits per heavy atom. The molecule has 11 nitrogen and oxygen atoms in total. The van der Waals surface area contributed by atoms with E-state index in [-0.39, 0.29) is 24.7 Å². The molecule has 2 aliphatic rings. The molecule has 2 heterocycles. The normalized spacial score (nSPS) is 15.1. The molecule has 6 N–H and O–H groups in total. The van der Waals surface area contributed by atoms with E-state index in [1.807, 2.05) is 4.98 Å². The van der Waals surface area contributed by atoms with Gasteiger partial charge in [-0.3, -0.25) is 9.78 Å². The van der Waals surface area contributed by atoms with Crippen molar-refractivity contribution in [2.45, 2.75) is 38.4 Å². The van der Waals surface area contributed by atoms with Gasteiger partial charge in [-0.25, -0.2) is 9.78 Å². The molecule has 3 rings (SSSR count). The predicted molar refractivity (Wildman–Crippen MR) is 96.8 cm³/mol. The minimum atomic E-state index is -1.68. The monoisotopic (exact) mass is 392 g/mol. The predicted octanol–water partition coefficient (Wildman–Crippen LogP) is -2.54. The third-order valence-corrected chi connectivity index (χ3v) is 4.58. The molecule has 0 unspecified atom stereocenters. The second-order valence-corrected chi connectivity index (χ2v) is 6.50. The van der Waals surface area contributed by atoms with Crippen molar-refractivity contribution >= 4 is 11.0 Å². The van der Waals surface area contributed by atoms with Crippen molar-refractivity contribution in [1.82, 2.24) is 19.5 Å². The van der Waals surface area contributed by atoms with E-state index >= 15 is 0 Å². The first kappa shape index (κ1) is 20.0. The third kappa shape index (κ3) is 3.53. The molecule has 150 valence electrons. The topological polar surface area (TPSA) is 182 Å². The third-order valence-electron chi connectivity index (χ3n) is 4.58. The molecule has 2 aliphatic heterocycles. The van der Waals surface area contributed by atoms with Crippen molar-refractivity contribution < 1.29 is 25.5 Å². The van der Waals surface area contributed by atoms with Crippen LogP contribution in [-0.4, -0.2) is 70.0 Å². The van der Waals surface area contributed by atoms with Gasteiger partial charge >= 0.3 is 5.69 Å². The highest BCUT2D eigenvalue weighted by Gasteiger charge is 2.27. The van der Waals surface area contributed by atoms with Gasteiger partial charge in [-0.15, -0.1) is 0 Å². The molecule has 0 spiro atoms. The number of aromatic nitrogens is 4. The minimum absolute atomic E-state index is 0.109. The summed E-state index contributed by atoms with van der Waals surface area (Å²) >= 11 is 0. The van der Waals surface area contributed by atoms with Crippen LogP contribution in [0.25, 0.3) is 22.6 Å². The van der Waals surface area contributed by atoms with E-state index in [4.69, 9.17) is 5.11 Å². The van der Waals surface area contributed by atoms with E-state index in [0.717, 1.165) is 0 Å². The average Bonchev–Trinajstić information content (AvgIpc) is 2.67. The molecule has 0 saturated heterocycles. The molecule has 0 amide bonds. The highest BCUT2D eigenvalue weighted by atomic mass is 16.4. The fraction of sp³-hybridized carbons (Fsp3) is 0.412. The summed E-state index contributed by atoms with van der Waals surface area (Å²) in [5.74, 6) is -0.109. The Labute approximate surface area is 157 Å². The molecule has 28 heavy (non-hydrogen) atoms. The average molecular weight is 392 g/mol. The maximum absolute atomic E-state index is 12.2. The lowest BCUT2D eigenvalue weighted by atomic mass is 10.1.